The number of nitrogens with zero attached hydrogens (tertiary/aromatic N) is 1. The summed E-state index contributed by atoms with van der Waals surface area (Å²) < 4.78 is 0. The fourth-order valence-corrected chi connectivity index (χ4v) is 4.46. The molecule has 0 saturated carbocycles. The number of piperidine rings is 3. The molecule has 2 aromatic rings. The van der Waals surface area contributed by atoms with Crippen molar-refractivity contribution in [2.24, 2.45) is 11.8 Å². The fraction of sp³-hybridized carbons (Fsp3) is 0.400. The first-order chi connectivity index (χ1) is 11.2. The van der Waals surface area contributed by atoms with E-state index in [2.05, 4.69) is 17.6 Å². The molecule has 2 bridgehead atoms. The molecule has 0 aromatic heterocycles. The largest absolute Gasteiger partial charge is 0.508 e. The summed E-state index contributed by atoms with van der Waals surface area (Å²) >= 11 is 0. The molecule has 4 unspecified atom stereocenters. The third-order valence-corrected chi connectivity index (χ3v) is 5.74. The van der Waals surface area contributed by atoms with Crippen LogP contribution in [-0.2, 0) is 0 Å². The van der Waals surface area contributed by atoms with Gasteiger partial charge in [-0.2, -0.15) is 0 Å². The van der Waals surface area contributed by atoms with Crippen molar-refractivity contribution in [3.8, 4) is 5.75 Å². The second-order valence-electron chi connectivity index (χ2n) is 6.94. The Balaban J connectivity index is 1.69. The van der Waals surface area contributed by atoms with Gasteiger partial charge in [0.15, 0.2) is 0 Å². The average Bonchev–Trinajstić information content (AvgIpc) is 2.60. The van der Waals surface area contributed by atoms with Gasteiger partial charge in [0.2, 0.25) is 0 Å². The zero-order chi connectivity index (χ0) is 16.0. The minimum absolute atomic E-state index is 0.165. The molecule has 3 aliphatic heterocycles. The number of hydrogen-bond acceptors (Lipinski definition) is 3. The number of fused-ring (bicyclic) bond motifs is 4. The Bertz CT molecular complexity index is 741. The number of benzene rings is 2. The SMILES string of the molecule is C=CC1CN2CCC1CC2[C@H](O)c1cccc2ccc(O)cc12. The smallest absolute Gasteiger partial charge is 0.116 e. The Kier molecular flexibility index (Phi) is 3.63. The fourth-order valence-electron chi connectivity index (χ4n) is 4.46. The highest BCUT2D eigenvalue weighted by molar-refractivity contribution is 5.87. The van der Waals surface area contributed by atoms with Crippen molar-refractivity contribution in [3.05, 3.63) is 54.6 Å². The summed E-state index contributed by atoms with van der Waals surface area (Å²) in [5, 5.41) is 22.9. The first kappa shape index (κ1) is 14.7. The molecule has 5 rings (SSSR count). The van der Waals surface area contributed by atoms with Gasteiger partial charge in [0.1, 0.15) is 5.75 Å². The van der Waals surface area contributed by atoms with Crippen LogP contribution >= 0.6 is 0 Å². The van der Waals surface area contributed by atoms with Crippen molar-refractivity contribution in [1.82, 2.24) is 4.90 Å². The van der Waals surface area contributed by atoms with E-state index in [0.717, 1.165) is 35.8 Å². The molecule has 3 heterocycles. The molecule has 5 atom stereocenters. The summed E-state index contributed by atoms with van der Waals surface area (Å²) in [6, 6.07) is 11.5. The summed E-state index contributed by atoms with van der Waals surface area (Å²) in [7, 11) is 0. The quantitative estimate of drug-likeness (QED) is 0.853. The Hall–Kier alpha value is -1.84. The molecule has 0 aliphatic carbocycles. The number of phenolic OH excluding ortho intramolecular Hbond substituents is 1. The lowest BCUT2D eigenvalue weighted by Gasteiger charge is -2.50. The molecule has 3 heteroatoms. The van der Waals surface area contributed by atoms with Gasteiger partial charge in [0.25, 0.3) is 0 Å². The van der Waals surface area contributed by atoms with Crippen LogP contribution < -0.4 is 0 Å². The monoisotopic (exact) mass is 309 g/mol. The van der Waals surface area contributed by atoms with Gasteiger partial charge in [0, 0.05) is 12.6 Å². The third kappa shape index (κ3) is 2.44. The maximum Gasteiger partial charge on any atom is 0.116 e. The number of aromatic hydroxyl groups is 1. The minimum atomic E-state index is -0.519. The van der Waals surface area contributed by atoms with E-state index in [1.807, 2.05) is 24.3 Å². The van der Waals surface area contributed by atoms with E-state index in [4.69, 9.17) is 0 Å². The van der Waals surface area contributed by atoms with Crippen molar-refractivity contribution in [3.63, 3.8) is 0 Å². The average molecular weight is 309 g/mol. The molecule has 3 saturated heterocycles. The molecule has 0 amide bonds. The first-order valence-corrected chi connectivity index (χ1v) is 8.43. The normalized spacial score (nSPS) is 31.2. The molecular formula is C20H23NO2. The van der Waals surface area contributed by atoms with E-state index in [1.165, 1.54) is 6.42 Å². The molecule has 120 valence electrons. The predicted molar refractivity (Wildman–Crippen MR) is 92.3 cm³/mol. The first-order valence-electron chi connectivity index (χ1n) is 8.43. The summed E-state index contributed by atoms with van der Waals surface area (Å²) in [5.74, 6) is 1.44. The lowest BCUT2D eigenvalue weighted by Crippen LogP contribution is -2.54. The van der Waals surface area contributed by atoms with E-state index >= 15 is 0 Å². The molecule has 3 aliphatic rings. The van der Waals surface area contributed by atoms with Gasteiger partial charge in [-0.05, 0) is 59.7 Å². The van der Waals surface area contributed by atoms with Gasteiger partial charge in [-0.3, -0.25) is 4.90 Å². The third-order valence-electron chi connectivity index (χ3n) is 5.74. The molecule has 2 aromatic carbocycles. The molecule has 2 N–H and O–H groups in total. The van der Waals surface area contributed by atoms with Gasteiger partial charge in [0.05, 0.1) is 6.10 Å². The van der Waals surface area contributed by atoms with Crippen molar-refractivity contribution in [2.75, 3.05) is 13.1 Å². The minimum Gasteiger partial charge on any atom is -0.508 e. The van der Waals surface area contributed by atoms with E-state index < -0.39 is 6.10 Å². The maximum atomic E-state index is 11.1. The number of phenols is 1. The number of aliphatic hydroxyl groups is 1. The van der Waals surface area contributed by atoms with E-state index in [9.17, 15) is 10.2 Å². The highest BCUT2D eigenvalue weighted by Crippen LogP contribution is 2.42. The predicted octanol–water partition coefficient (Wildman–Crippen LogP) is 3.48. The Morgan fingerprint density at radius 1 is 1.26 bits per heavy atom. The van der Waals surface area contributed by atoms with Crippen molar-refractivity contribution in [2.45, 2.75) is 25.0 Å². The second-order valence-corrected chi connectivity index (χ2v) is 6.94. The second kappa shape index (κ2) is 5.66. The summed E-state index contributed by atoms with van der Waals surface area (Å²) in [5.41, 5.74) is 0.922. The van der Waals surface area contributed by atoms with Crippen LogP contribution in [0.15, 0.2) is 49.1 Å². The van der Waals surface area contributed by atoms with E-state index in [-0.39, 0.29) is 11.8 Å². The van der Waals surface area contributed by atoms with Crippen LogP contribution in [0, 0.1) is 11.8 Å². The van der Waals surface area contributed by atoms with Crippen LogP contribution in [0.5, 0.6) is 5.75 Å². The maximum absolute atomic E-state index is 11.1. The van der Waals surface area contributed by atoms with Crippen molar-refractivity contribution >= 4 is 10.8 Å². The molecule has 0 radical (unpaired) electrons. The van der Waals surface area contributed by atoms with Crippen LogP contribution in [-0.4, -0.2) is 34.2 Å². The van der Waals surface area contributed by atoms with Crippen molar-refractivity contribution < 1.29 is 10.2 Å². The number of aliphatic hydroxyl groups excluding tert-OH is 1. The molecule has 0 spiro atoms. The van der Waals surface area contributed by atoms with Crippen LogP contribution in [0.25, 0.3) is 10.8 Å². The molecular weight excluding hydrogens is 286 g/mol. The van der Waals surface area contributed by atoms with Crippen LogP contribution in [0.2, 0.25) is 0 Å². The van der Waals surface area contributed by atoms with Crippen LogP contribution in [0.4, 0.5) is 0 Å². The van der Waals surface area contributed by atoms with E-state index in [1.54, 1.807) is 12.1 Å². The van der Waals surface area contributed by atoms with Crippen LogP contribution in [0.1, 0.15) is 24.5 Å². The molecule has 23 heavy (non-hydrogen) atoms. The van der Waals surface area contributed by atoms with Gasteiger partial charge in [-0.25, -0.2) is 0 Å². The standard InChI is InChI=1S/C20H23NO2/c1-2-13-12-21-9-8-15(13)10-19(21)20(23)17-5-3-4-14-6-7-16(22)11-18(14)17/h2-7,11,13,15,19-20,22-23H,1,8-10,12H2/t13?,15?,19?,20-/m1/s1. The van der Waals surface area contributed by atoms with Crippen molar-refractivity contribution in [1.29, 1.82) is 0 Å². The molecule has 3 fully saturated rings. The van der Waals surface area contributed by atoms with Gasteiger partial charge in [-0.15, -0.1) is 6.58 Å². The van der Waals surface area contributed by atoms with Gasteiger partial charge >= 0.3 is 0 Å². The Morgan fingerprint density at radius 2 is 2.13 bits per heavy atom. The Labute approximate surface area is 136 Å². The summed E-state index contributed by atoms with van der Waals surface area (Å²) in [6.07, 6.45) is 3.78. The number of rotatable bonds is 3. The highest BCUT2D eigenvalue weighted by atomic mass is 16.3. The Morgan fingerprint density at radius 3 is 2.87 bits per heavy atom. The van der Waals surface area contributed by atoms with Gasteiger partial charge in [-0.1, -0.05) is 30.3 Å². The molecule has 3 nitrogen and oxygen atoms in total. The van der Waals surface area contributed by atoms with Gasteiger partial charge < -0.3 is 10.2 Å². The lowest BCUT2D eigenvalue weighted by molar-refractivity contribution is -0.0444. The number of hydrogen-bond donors (Lipinski definition) is 2. The lowest BCUT2D eigenvalue weighted by atomic mass is 9.73. The zero-order valence-corrected chi connectivity index (χ0v) is 13.2. The summed E-state index contributed by atoms with van der Waals surface area (Å²) in [4.78, 5) is 2.42. The zero-order valence-electron chi connectivity index (χ0n) is 13.2. The summed E-state index contributed by atoms with van der Waals surface area (Å²) in [6.45, 7) is 6.03. The van der Waals surface area contributed by atoms with E-state index in [0.29, 0.717) is 11.8 Å². The van der Waals surface area contributed by atoms with Crippen LogP contribution in [0.3, 0.4) is 0 Å². The topological polar surface area (TPSA) is 43.7 Å². The highest BCUT2D eigenvalue weighted by Gasteiger charge is 2.42.